The first-order chi connectivity index (χ1) is 12.4. The molecule has 140 valence electrons. The van der Waals surface area contributed by atoms with E-state index in [0.717, 1.165) is 0 Å². The van der Waals surface area contributed by atoms with Crippen molar-refractivity contribution < 1.29 is 19.5 Å². The van der Waals surface area contributed by atoms with Gasteiger partial charge in [0.25, 0.3) is 0 Å². The number of carbonyl (C=O) groups excluding carboxylic acids is 2. The Labute approximate surface area is 161 Å². The largest absolute Gasteiger partial charge is 0.481 e. The summed E-state index contributed by atoms with van der Waals surface area (Å²) in [6, 6.07) is 4.44. The molecule has 1 aromatic carbocycles. The second kappa shape index (κ2) is 7.84. The monoisotopic (exact) mass is 398 g/mol. The van der Waals surface area contributed by atoms with Crippen LogP contribution in [0, 0.1) is 11.8 Å². The maximum Gasteiger partial charge on any atom is 0.306 e. The minimum absolute atomic E-state index is 0.164. The lowest BCUT2D eigenvalue weighted by Crippen LogP contribution is -2.44. The van der Waals surface area contributed by atoms with Crippen LogP contribution in [-0.2, 0) is 14.4 Å². The number of benzene rings is 1. The van der Waals surface area contributed by atoms with Gasteiger partial charge in [-0.15, -0.1) is 0 Å². The van der Waals surface area contributed by atoms with E-state index in [1.54, 1.807) is 23.1 Å². The van der Waals surface area contributed by atoms with E-state index in [2.05, 4.69) is 5.32 Å². The highest BCUT2D eigenvalue weighted by Gasteiger charge is 2.36. The number of hydrogen-bond donors (Lipinski definition) is 2. The molecule has 2 amide bonds. The Balaban J connectivity index is 1.58. The Bertz CT molecular complexity index is 732. The van der Waals surface area contributed by atoms with Crippen molar-refractivity contribution in [3.8, 4) is 0 Å². The van der Waals surface area contributed by atoms with Gasteiger partial charge in [0.05, 0.1) is 16.0 Å². The molecule has 0 aromatic heterocycles. The first kappa shape index (κ1) is 19.0. The summed E-state index contributed by atoms with van der Waals surface area (Å²) < 4.78 is 0. The van der Waals surface area contributed by atoms with E-state index in [0.29, 0.717) is 54.4 Å². The zero-order valence-corrected chi connectivity index (χ0v) is 15.6. The summed E-state index contributed by atoms with van der Waals surface area (Å²) in [5, 5.41) is 12.7. The van der Waals surface area contributed by atoms with Gasteiger partial charge in [-0.3, -0.25) is 14.4 Å². The Hall–Kier alpha value is -1.79. The molecule has 2 fully saturated rings. The van der Waals surface area contributed by atoms with Gasteiger partial charge in [-0.2, -0.15) is 0 Å². The van der Waals surface area contributed by atoms with Gasteiger partial charge in [0.1, 0.15) is 6.04 Å². The first-order valence-corrected chi connectivity index (χ1v) is 9.42. The van der Waals surface area contributed by atoms with Gasteiger partial charge < -0.3 is 15.3 Å². The summed E-state index contributed by atoms with van der Waals surface area (Å²) in [6.45, 7) is 0.494. The van der Waals surface area contributed by atoms with E-state index >= 15 is 0 Å². The van der Waals surface area contributed by atoms with Crippen LogP contribution in [0.1, 0.15) is 32.1 Å². The highest BCUT2D eigenvalue weighted by atomic mass is 35.5. The van der Waals surface area contributed by atoms with Crippen LogP contribution in [0.25, 0.3) is 0 Å². The molecule has 1 saturated carbocycles. The van der Waals surface area contributed by atoms with Gasteiger partial charge in [0.2, 0.25) is 11.8 Å². The molecule has 1 atom stereocenters. The third-order valence-electron chi connectivity index (χ3n) is 5.18. The number of aliphatic carboxylic acids is 1. The van der Waals surface area contributed by atoms with Crippen LogP contribution in [0.4, 0.5) is 5.69 Å². The normalized spacial score (nSPS) is 26.0. The molecular formula is C18H20Cl2N2O4. The lowest BCUT2D eigenvalue weighted by atomic mass is 9.81. The molecule has 0 bridgehead atoms. The van der Waals surface area contributed by atoms with Crippen molar-refractivity contribution in [2.24, 2.45) is 11.8 Å². The van der Waals surface area contributed by atoms with E-state index < -0.39 is 12.0 Å². The number of nitrogens with zero attached hydrogens (tertiary/aromatic N) is 1. The van der Waals surface area contributed by atoms with E-state index in [4.69, 9.17) is 28.3 Å². The fraction of sp³-hybridized carbons (Fsp3) is 0.500. The van der Waals surface area contributed by atoms with Crippen LogP contribution in [0.2, 0.25) is 10.0 Å². The van der Waals surface area contributed by atoms with Gasteiger partial charge in [0.15, 0.2) is 0 Å². The molecule has 2 N–H and O–H groups in total. The van der Waals surface area contributed by atoms with Gasteiger partial charge >= 0.3 is 5.97 Å². The predicted octanol–water partition coefficient (Wildman–Crippen LogP) is 3.11. The summed E-state index contributed by atoms with van der Waals surface area (Å²) in [7, 11) is 0. The molecule has 1 heterocycles. The number of carbonyl (C=O) groups is 3. The predicted molar refractivity (Wildman–Crippen MR) is 98.4 cm³/mol. The zero-order valence-electron chi connectivity index (χ0n) is 14.1. The Morgan fingerprint density at radius 1 is 1.04 bits per heavy atom. The fourth-order valence-electron chi connectivity index (χ4n) is 3.62. The molecule has 0 spiro atoms. The van der Waals surface area contributed by atoms with E-state index in [1.165, 1.54) is 0 Å². The molecule has 0 radical (unpaired) electrons. The van der Waals surface area contributed by atoms with Crippen molar-refractivity contribution in [3.63, 3.8) is 0 Å². The van der Waals surface area contributed by atoms with E-state index in [-0.39, 0.29) is 23.7 Å². The standard InChI is InChI=1S/C18H20Cl2N2O4/c19-13-6-5-12(9-14(13)20)22-8-7-15(17(22)24)21-16(23)10-1-3-11(4-2-10)18(25)26/h5-6,9-11,15H,1-4,7-8H2,(H,21,23)(H,25,26). The van der Waals surface area contributed by atoms with Crippen molar-refractivity contribution in [1.82, 2.24) is 5.32 Å². The average Bonchev–Trinajstić information content (AvgIpc) is 2.98. The molecule has 1 saturated heterocycles. The van der Waals surface area contributed by atoms with Gasteiger partial charge in [-0.05, 0) is 50.3 Å². The summed E-state index contributed by atoms with van der Waals surface area (Å²) in [4.78, 5) is 37.7. The summed E-state index contributed by atoms with van der Waals surface area (Å²) in [5.74, 6) is -1.72. The number of halogens is 2. The number of hydrogen-bond acceptors (Lipinski definition) is 3. The molecule has 1 unspecified atom stereocenters. The van der Waals surface area contributed by atoms with Crippen LogP contribution in [0.15, 0.2) is 18.2 Å². The van der Waals surface area contributed by atoms with Crippen molar-refractivity contribution in [3.05, 3.63) is 28.2 Å². The van der Waals surface area contributed by atoms with Gasteiger partial charge in [-0.1, -0.05) is 23.2 Å². The second-order valence-electron chi connectivity index (χ2n) is 6.82. The molecule has 1 aliphatic heterocycles. The summed E-state index contributed by atoms with van der Waals surface area (Å²) >= 11 is 11.9. The third kappa shape index (κ3) is 3.96. The van der Waals surface area contributed by atoms with Crippen LogP contribution < -0.4 is 10.2 Å². The van der Waals surface area contributed by atoms with Crippen LogP contribution in [0.5, 0.6) is 0 Å². The van der Waals surface area contributed by atoms with Crippen LogP contribution in [0.3, 0.4) is 0 Å². The number of nitrogens with one attached hydrogen (secondary N) is 1. The number of carboxylic acids is 1. The fourth-order valence-corrected chi connectivity index (χ4v) is 3.91. The number of carboxylic acid groups (broad SMARTS) is 1. The molecule has 2 aliphatic rings. The Morgan fingerprint density at radius 2 is 1.69 bits per heavy atom. The first-order valence-electron chi connectivity index (χ1n) is 8.66. The van der Waals surface area contributed by atoms with Crippen molar-refractivity contribution in [1.29, 1.82) is 0 Å². The van der Waals surface area contributed by atoms with E-state index in [9.17, 15) is 14.4 Å². The molecule has 8 heteroatoms. The van der Waals surface area contributed by atoms with Crippen molar-refractivity contribution in [2.75, 3.05) is 11.4 Å². The minimum atomic E-state index is -0.799. The Morgan fingerprint density at radius 3 is 2.31 bits per heavy atom. The smallest absolute Gasteiger partial charge is 0.306 e. The Kier molecular flexibility index (Phi) is 5.73. The summed E-state index contributed by atoms with van der Waals surface area (Å²) in [6.07, 6.45) is 2.61. The minimum Gasteiger partial charge on any atom is -0.481 e. The number of anilines is 1. The number of amides is 2. The zero-order chi connectivity index (χ0) is 18.8. The maximum atomic E-state index is 12.6. The van der Waals surface area contributed by atoms with Crippen LogP contribution in [-0.4, -0.2) is 35.5 Å². The highest BCUT2D eigenvalue weighted by Crippen LogP contribution is 2.31. The summed E-state index contributed by atoms with van der Waals surface area (Å²) in [5.41, 5.74) is 0.656. The van der Waals surface area contributed by atoms with Gasteiger partial charge in [-0.25, -0.2) is 0 Å². The van der Waals surface area contributed by atoms with Crippen LogP contribution >= 0.6 is 23.2 Å². The number of rotatable bonds is 4. The highest BCUT2D eigenvalue weighted by molar-refractivity contribution is 6.42. The molecule has 26 heavy (non-hydrogen) atoms. The van der Waals surface area contributed by atoms with Crippen molar-refractivity contribution in [2.45, 2.75) is 38.1 Å². The molecule has 1 aromatic rings. The average molecular weight is 399 g/mol. The van der Waals surface area contributed by atoms with E-state index in [1.807, 2.05) is 0 Å². The SMILES string of the molecule is O=C(O)C1CCC(C(=O)NC2CCN(c3ccc(Cl)c(Cl)c3)C2=O)CC1. The molecule has 1 aliphatic carbocycles. The molecular weight excluding hydrogens is 379 g/mol. The second-order valence-corrected chi connectivity index (χ2v) is 7.64. The quantitative estimate of drug-likeness (QED) is 0.815. The molecule has 6 nitrogen and oxygen atoms in total. The van der Waals surface area contributed by atoms with Gasteiger partial charge in [0, 0.05) is 18.2 Å². The lowest BCUT2D eigenvalue weighted by molar-refractivity contribution is -0.144. The molecule has 3 rings (SSSR count). The van der Waals surface area contributed by atoms with Crippen molar-refractivity contribution >= 4 is 46.7 Å². The maximum absolute atomic E-state index is 12.6. The third-order valence-corrected chi connectivity index (χ3v) is 5.92. The topological polar surface area (TPSA) is 86.7 Å². The lowest BCUT2D eigenvalue weighted by Gasteiger charge is -2.26.